The summed E-state index contributed by atoms with van der Waals surface area (Å²) in [4.78, 5) is 12.1. The van der Waals surface area contributed by atoms with Crippen molar-refractivity contribution in [2.24, 2.45) is 0 Å². The molecule has 0 amide bonds. The number of aliphatic hydroxyl groups excluding tert-OH is 1. The number of thiazole rings is 1. The Morgan fingerprint density at radius 3 is 2.55 bits per heavy atom. The van der Waals surface area contributed by atoms with Gasteiger partial charge in [0.15, 0.2) is 0 Å². The fourth-order valence-electron chi connectivity index (χ4n) is 1.91. The average Bonchev–Trinajstić information content (AvgIpc) is 2.95. The number of nitrogens with zero attached hydrogens (tertiary/aromatic N) is 3. The number of rotatable bonds is 6. The quantitative estimate of drug-likeness (QED) is 0.857. The van der Waals surface area contributed by atoms with E-state index in [0.29, 0.717) is 6.54 Å². The molecule has 2 N–H and O–H groups in total. The minimum absolute atomic E-state index is 0.0973. The second-order valence-electron chi connectivity index (χ2n) is 6.28. The maximum Gasteiger partial charge on any atom is 0.126 e. The fraction of sp³-hybridized carbons (Fsp3) is 0.500. The third kappa shape index (κ3) is 4.42. The molecule has 0 aliphatic heterocycles. The van der Waals surface area contributed by atoms with E-state index in [-0.39, 0.29) is 12.0 Å². The molecule has 0 aromatic carbocycles. The highest BCUT2D eigenvalue weighted by Crippen LogP contribution is 2.27. The lowest BCUT2D eigenvalue weighted by atomic mass is 9.98. The number of aliphatic hydroxyl groups is 1. The van der Waals surface area contributed by atoms with E-state index in [9.17, 15) is 0 Å². The Labute approximate surface area is 136 Å². The van der Waals surface area contributed by atoms with E-state index < -0.39 is 0 Å². The van der Waals surface area contributed by atoms with Gasteiger partial charge in [-0.15, -0.1) is 11.3 Å². The van der Waals surface area contributed by atoms with Crippen LogP contribution in [0.4, 0.5) is 11.5 Å². The van der Waals surface area contributed by atoms with E-state index in [1.807, 2.05) is 36.5 Å². The van der Waals surface area contributed by atoms with Gasteiger partial charge in [-0.25, -0.2) is 9.97 Å². The second kappa shape index (κ2) is 7.07. The maximum atomic E-state index is 8.94. The van der Waals surface area contributed by atoms with Crippen molar-refractivity contribution in [3.8, 4) is 0 Å². The minimum atomic E-state index is 0.0973. The zero-order valence-corrected chi connectivity index (χ0v) is 14.4. The molecule has 0 bridgehead atoms. The van der Waals surface area contributed by atoms with Gasteiger partial charge in [0.1, 0.15) is 5.82 Å². The predicted octanol–water partition coefficient (Wildman–Crippen LogP) is 2.88. The van der Waals surface area contributed by atoms with Crippen molar-refractivity contribution < 1.29 is 5.11 Å². The first-order valence-corrected chi connectivity index (χ1v) is 8.19. The molecule has 2 aromatic rings. The van der Waals surface area contributed by atoms with E-state index in [1.165, 1.54) is 4.88 Å². The van der Waals surface area contributed by atoms with Crippen molar-refractivity contribution in [1.29, 1.82) is 0 Å². The molecule has 6 heteroatoms. The molecule has 0 saturated carbocycles. The van der Waals surface area contributed by atoms with Gasteiger partial charge in [0.25, 0.3) is 0 Å². The molecule has 5 nitrogen and oxygen atoms in total. The molecule has 0 aliphatic carbocycles. The second-order valence-corrected chi connectivity index (χ2v) is 7.40. The Bertz CT molecular complexity index is 589. The van der Waals surface area contributed by atoms with E-state index in [0.717, 1.165) is 23.1 Å². The van der Waals surface area contributed by atoms with Crippen LogP contribution in [0.5, 0.6) is 0 Å². The minimum Gasteiger partial charge on any atom is -0.395 e. The molecule has 0 unspecified atom stereocenters. The molecule has 2 rings (SSSR count). The molecular formula is C16H24N4OS. The Morgan fingerprint density at radius 2 is 2.00 bits per heavy atom. The summed E-state index contributed by atoms with van der Waals surface area (Å²) in [6, 6.07) is 3.95. The Balaban J connectivity index is 1.93. The number of hydrogen-bond acceptors (Lipinski definition) is 6. The standard InChI is InChI=1S/C16H24N4OS/c1-16(2,3)15-19-11-13(22-15)10-18-14-6-5-12(9-17-14)20(4)7-8-21/h5-6,9,11,21H,7-8,10H2,1-4H3,(H,17,18). The molecule has 2 heterocycles. The first-order chi connectivity index (χ1) is 10.4. The van der Waals surface area contributed by atoms with Crippen LogP contribution in [-0.2, 0) is 12.0 Å². The van der Waals surface area contributed by atoms with Crippen molar-refractivity contribution in [2.75, 3.05) is 30.4 Å². The van der Waals surface area contributed by atoms with Crippen LogP contribution in [0.25, 0.3) is 0 Å². The predicted molar refractivity (Wildman–Crippen MR) is 92.7 cm³/mol. The van der Waals surface area contributed by atoms with E-state index in [4.69, 9.17) is 5.11 Å². The van der Waals surface area contributed by atoms with E-state index >= 15 is 0 Å². The lowest BCUT2D eigenvalue weighted by molar-refractivity contribution is 0.304. The lowest BCUT2D eigenvalue weighted by Crippen LogP contribution is -2.21. The molecular weight excluding hydrogens is 296 g/mol. The number of aromatic nitrogens is 2. The molecule has 0 radical (unpaired) electrons. The number of anilines is 2. The third-order valence-corrected chi connectivity index (χ3v) is 4.69. The Kier molecular flexibility index (Phi) is 5.37. The van der Waals surface area contributed by atoms with Crippen LogP contribution in [-0.4, -0.2) is 35.3 Å². The Morgan fingerprint density at radius 1 is 1.23 bits per heavy atom. The molecule has 0 saturated heterocycles. The van der Waals surface area contributed by atoms with Crippen molar-refractivity contribution >= 4 is 22.8 Å². The normalized spacial score (nSPS) is 11.5. The lowest BCUT2D eigenvalue weighted by Gasteiger charge is -2.17. The van der Waals surface area contributed by atoms with Crippen LogP contribution in [0.15, 0.2) is 24.5 Å². The summed E-state index contributed by atoms with van der Waals surface area (Å²) in [5, 5.41) is 13.4. The molecule has 0 fully saturated rings. The highest BCUT2D eigenvalue weighted by Gasteiger charge is 2.17. The first kappa shape index (κ1) is 16.7. The van der Waals surface area contributed by atoms with Gasteiger partial charge in [-0.2, -0.15) is 0 Å². The molecule has 22 heavy (non-hydrogen) atoms. The smallest absolute Gasteiger partial charge is 0.126 e. The van der Waals surface area contributed by atoms with Gasteiger partial charge in [0.2, 0.25) is 0 Å². The Hall–Kier alpha value is -1.66. The van der Waals surface area contributed by atoms with E-state index in [2.05, 4.69) is 36.1 Å². The molecule has 0 spiro atoms. The summed E-state index contributed by atoms with van der Waals surface area (Å²) in [6.45, 7) is 7.99. The van der Waals surface area contributed by atoms with Gasteiger partial charge in [-0.05, 0) is 12.1 Å². The molecule has 2 aromatic heterocycles. The van der Waals surface area contributed by atoms with Crippen molar-refractivity contribution in [3.05, 3.63) is 34.4 Å². The summed E-state index contributed by atoms with van der Waals surface area (Å²) in [5.41, 5.74) is 1.09. The average molecular weight is 320 g/mol. The van der Waals surface area contributed by atoms with Crippen LogP contribution in [0.1, 0.15) is 30.7 Å². The van der Waals surface area contributed by atoms with Crippen LogP contribution in [0.3, 0.4) is 0 Å². The van der Waals surface area contributed by atoms with Gasteiger partial charge in [0.05, 0.1) is 30.0 Å². The molecule has 0 aliphatic rings. The topological polar surface area (TPSA) is 61.3 Å². The number of hydrogen-bond donors (Lipinski definition) is 2. The zero-order chi connectivity index (χ0) is 16.2. The zero-order valence-electron chi connectivity index (χ0n) is 13.6. The summed E-state index contributed by atoms with van der Waals surface area (Å²) in [5.74, 6) is 0.840. The molecule has 120 valence electrons. The van der Waals surface area contributed by atoms with Crippen molar-refractivity contribution in [1.82, 2.24) is 9.97 Å². The maximum absolute atomic E-state index is 8.94. The van der Waals surface area contributed by atoms with Gasteiger partial charge in [-0.3, -0.25) is 0 Å². The van der Waals surface area contributed by atoms with Gasteiger partial charge < -0.3 is 15.3 Å². The third-order valence-electron chi connectivity index (χ3n) is 3.26. The number of pyridine rings is 1. The SMILES string of the molecule is CN(CCO)c1ccc(NCc2cnc(C(C)(C)C)s2)nc1. The van der Waals surface area contributed by atoms with Crippen LogP contribution >= 0.6 is 11.3 Å². The summed E-state index contributed by atoms with van der Waals surface area (Å²) in [6.07, 6.45) is 3.74. The molecule has 0 atom stereocenters. The summed E-state index contributed by atoms with van der Waals surface area (Å²) >= 11 is 1.74. The first-order valence-electron chi connectivity index (χ1n) is 7.37. The van der Waals surface area contributed by atoms with Crippen molar-refractivity contribution in [3.63, 3.8) is 0 Å². The highest BCUT2D eigenvalue weighted by molar-refractivity contribution is 7.11. The van der Waals surface area contributed by atoms with Gasteiger partial charge >= 0.3 is 0 Å². The number of likely N-dealkylation sites (N-methyl/N-ethyl adjacent to an activating group) is 1. The largest absolute Gasteiger partial charge is 0.395 e. The van der Waals surface area contributed by atoms with Crippen LogP contribution < -0.4 is 10.2 Å². The fourth-order valence-corrected chi connectivity index (χ4v) is 2.82. The van der Waals surface area contributed by atoms with Crippen molar-refractivity contribution in [2.45, 2.75) is 32.7 Å². The monoisotopic (exact) mass is 320 g/mol. The summed E-state index contributed by atoms with van der Waals surface area (Å²) in [7, 11) is 1.94. The van der Waals surface area contributed by atoms with Crippen LogP contribution in [0.2, 0.25) is 0 Å². The highest BCUT2D eigenvalue weighted by atomic mass is 32.1. The number of nitrogens with one attached hydrogen (secondary N) is 1. The summed E-state index contributed by atoms with van der Waals surface area (Å²) < 4.78 is 0. The van der Waals surface area contributed by atoms with Crippen LogP contribution in [0, 0.1) is 0 Å². The van der Waals surface area contributed by atoms with Gasteiger partial charge in [-0.1, -0.05) is 20.8 Å². The van der Waals surface area contributed by atoms with Gasteiger partial charge in [0, 0.05) is 30.1 Å². The van der Waals surface area contributed by atoms with E-state index in [1.54, 1.807) is 11.3 Å².